The lowest BCUT2D eigenvalue weighted by atomic mass is 10.1. The van der Waals surface area contributed by atoms with Crippen LogP contribution in [0, 0.1) is 0 Å². The molecular formula is C16H11NO2. The van der Waals surface area contributed by atoms with Crippen molar-refractivity contribution in [2.24, 2.45) is 7.05 Å². The molecular weight excluding hydrogens is 238 g/mol. The van der Waals surface area contributed by atoms with E-state index < -0.39 is 0 Å². The molecule has 0 fully saturated rings. The van der Waals surface area contributed by atoms with E-state index in [9.17, 15) is 4.79 Å². The van der Waals surface area contributed by atoms with Gasteiger partial charge in [0.15, 0.2) is 0 Å². The SMILES string of the molecule is Cn1c(=O)ccc2c3c(ccc21)oc1ccccc13. The molecule has 2 aromatic carbocycles. The summed E-state index contributed by atoms with van der Waals surface area (Å²) in [4.78, 5) is 11.7. The van der Waals surface area contributed by atoms with Gasteiger partial charge in [0.25, 0.3) is 5.56 Å². The van der Waals surface area contributed by atoms with Gasteiger partial charge in [-0.3, -0.25) is 4.79 Å². The molecule has 2 aromatic heterocycles. The van der Waals surface area contributed by atoms with Crippen molar-refractivity contribution in [2.75, 3.05) is 0 Å². The highest BCUT2D eigenvalue weighted by Crippen LogP contribution is 2.33. The van der Waals surface area contributed by atoms with Gasteiger partial charge in [-0.05, 0) is 24.3 Å². The lowest BCUT2D eigenvalue weighted by molar-refractivity contribution is 0.669. The number of fused-ring (bicyclic) bond motifs is 5. The first-order valence-corrected chi connectivity index (χ1v) is 6.16. The van der Waals surface area contributed by atoms with Crippen LogP contribution in [0.4, 0.5) is 0 Å². The molecule has 0 radical (unpaired) electrons. The van der Waals surface area contributed by atoms with Gasteiger partial charge in [0, 0.05) is 29.3 Å². The summed E-state index contributed by atoms with van der Waals surface area (Å²) >= 11 is 0. The Balaban J connectivity index is 2.37. The zero-order chi connectivity index (χ0) is 13.0. The topological polar surface area (TPSA) is 35.1 Å². The minimum atomic E-state index is -0.000324. The van der Waals surface area contributed by atoms with Crippen LogP contribution in [0.5, 0.6) is 0 Å². The third-order valence-electron chi connectivity index (χ3n) is 3.65. The van der Waals surface area contributed by atoms with E-state index in [1.54, 1.807) is 17.7 Å². The zero-order valence-electron chi connectivity index (χ0n) is 10.4. The first-order valence-electron chi connectivity index (χ1n) is 6.16. The van der Waals surface area contributed by atoms with Crippen molar-refractivity contribution in [1.82, 2.24) is 4.57 Å². The van der Waals surface area contributed by atoms with Gasteiger partial charge < -0.3 is 8.98 Å². The Kier molecular flexibility index (Phi) is 1.90. The lowest BCUT2D eigenvalue weighted by Crippen LogP contribution is -2.14. The highest BCUT2D eigenvalue weighted by molar-refractivity contribution is 6.18. The van der Waals surface area contributed by atoms with Gasteiger partial charge in [-0.2, -0.15) is 0 Å². The highest BCUT2D eigenvalue weighted by atomic mass is 16.3. The highest BCUT2D eigenvalue weighted by Gasteiger charge is 2.11. The van der Waals surface area contributed by atoms with E-state index >= 15 is 0 Å². The lowest BCUT2D eigenvalue weighted by Gasteiger charge is -2.04. The van der Waals surface area contributed by atoms with E-state index in [1.165, 1.54) is 0 Å². The van der Waals surface area contributed by atoms with Crippen molar-refractivity contribution in [3.8, 4) is 0 Å². The number of aryl methyl sites for hydroxylation is 1. The number of hydrogen-bond donors (Lipinski definition) is 0. The van der Waals surface area contributed by atoms with Crippen LogP contribution in [0.15, 0.2) is 57.7 Å². The summed E-state index contributed by atoms with van der Waals surface area (Å²) in [5, 5.41) is 3.20. The molecule has 3 nitrogen and oxygen atoms in total. The molecule has 4 aromatic rings. The number of hydrogen-bond acceptors (Lipinski definition) is 2. The van der Waals surface area contributed by atoms with Crippen molar-refractivity contribution in [3.63, 3.8) is 0 Å². The third kappa shape index (κ3) is 1.30. The molecule has 0 aliphatic rings. The summed E-state index contributed by atoms with van der Waals surface area (Å²) in [6.07, 6.45) is 0. The van der Waals surface area contributed by atoms with E-state index in [-0.39, 0.29) is 5.56 Å². The fourth-order valence-electron chi connectivity index (χ4n) is 2.68. The van der Waals surface area contributed by atoms with Crippen LogP contribution in [0.25, 0.3) is 32.8 Å². The maximum Gasteiger partial charge on any atom is 0.250 e. The van der Waals surface area contributed by atoms with Gasteiger partial charge >= 0.3 is 0 Å². The molecule has 0 unspecified atom stereocenters. The molecule has 0 aliphatic carbocycles. The molecule has 0 saturated heterocycles. The zero-order valence-corrected chi connectivity index (χ0v) is 10.4. The molecule has 2 heterocycles. The van der Waals surface area contributed by atoms with Crippen molar-refractivity contribution in [1.29, 1.82) is 0 Å². The van der Waals surface area contributed by atoms with E-state index in [4.69, 9.17) is 4.42 Å². The Bertz CT molecular complexity index is 992. The first kappa shape index (κ1) is 10.4. The number of aromatic nitrogens is 1. The van der Waals surface area contributed by atoms with Gasteiger partial charge in [-0.25, -0.2) is 0 Å². The number of benzene rings is 2. The third-order valence-corrected chi connectivity index (χ3v) is 3.65. The minimum absolute atomic E-state index is 0.000324. The fraction of sp³-hybridized carbons (Fsp3) is 0.0625. The monoisotopic (exact) mass is 249 g/mol. The maximum atomic E-state index is 11.7. The van der Waals surface area contributed by atoms with Crippen LogP contribution < -0.4 is 5.56 Å². The maximum absolute atomic E-state index is 11.7. The van der Waals surface area contributed by atoms with Gasteiger partial charge in [0.05, 0.1) is 5.52 Å². The predicted octanol–water partition coefficient (Wildman–Crippen LogP) is 3.44. The Morgan fingerprint density at radius 3 is 2.63 bits per heavy atom. The summed E-state index contributed by atoms with van der Waals surface area (Å²) in [6, 6.07) is 15.3. The van der Waals surface area contributed by atoms with Crippen molar-refractivity contribution < 1.29 is 4.42 Å². The molecule has 4 rings (SSSR count). The molecule has 0 atom stereocenters. The van der Waals surface area contributed by atoms with Gasteiger partial charge in [-0.1, -0.05) is 18.2 Å². The van der Waals surface area contributed by atoms with Crippen LogP contribution in [-0.2, 0) is 7.05 Å². The second-order valence-corrected chi connectivity index (χ2v) is 4.70. The van der Waals surface area contributed by atoms with E-state index in [0.29, 0.717) is 0 Å². The van der Waals surface area contributed by atoms with E-state index in [0.717, 1.165) is 32.8 Å². The number of rotatable bonds is 0. The number of para-hydroxylation sites is 1. The number of furan rings is 1. The second kappa shape index (κ2) is 3.48. The molecule has 0 saturated carbocycles. The summed E-state index contributed by atoms with van der Waals surface area (Å²) < 4.78 is 7.51. The molecule has 19 heavy (non-hydrogen) atoms. The first-order chi connectivity index (χ1) is 9.25. The largest absolute Gasteiger partial charge is 0.456 e. The minimum Gasteiger partial charge on any atom is -0.456 e. The molecule has 0 bridgehead atoms. The van der Waals surface area contributed by atoms with Crippen molar-refractivity contribution >= 4 is 32.8 Å². The molecule has 0 aliphatic heterocycles. The van der Waals surface area contributed by atoms with Crippen molar-refractivity contribution in [2.45, 2.75) is 0 Å². The van der Waals surface area contributed by atoms with Gasteiger partial charge in [0.2, 0.25) is 0 Å². The van der Waals surface area contributed by atoms with Crippen LogP contribution >= 0.6 is 0 Å². The number of pyridine rings is 1. The normalized spacial score (nSPS) is 11.6. The summed E-state index contributed by atoms with van der Waals surface area (Å²) in [5.74, 6) is 0. The van der Waals surface area contributed by atoms with Gasteiger partial charge in [0.1, 0.15) is 11.2 Å². The average molecular weight is 249 g/mol. The van der Waals surface area contributed by atoms with Crippen LogP contribution in [0.1, 0.15) is 0 Å². The van der Waals surface area contributed by atoms with Crippen LogP contribution in [-0.4, -0.2) is 4.57 Å². The number of nitrogens with zero attached hydrogens (tertiary/aromatic N) is 1. The summed E-state index contributed by atoms with van der Waals surface area (Å²) in [6.45, 7) is 0. The molecule has 0 spiro atoms. The molecule has 0 N–H and O–H groups in total. The van der Waals surface area contributed by atoms with Crippen LogP contribution in [0.3, 0.4) is 0 Å². The van der Waals surface area contributed by atoms with Crippen molar-refractivity contribution in [3.05, 3.63) is 58.9 Å². The van der Waals surface area contributed by atoms with E-state index in [1.807, 2.05) is 42.5 Å². The van der Waals surface area contributed by atoms with Gasteiger partial charge in [-0.15, -0.1) is 0 Å². The fourth-order valence-corrected chi connectivity index (χ4v) is 2.68. The predicted molar refractivity (Wildman–Crippen MR) is 76.5 cm³/mol. The average Bonchev–Trinajstić information content (AvgIpc) is 2.81. The standard InChI is InChI=1S/C16H11NO2/c1-17-12-7-8-14-16(10(12)6-9-15(17)18)11-4-2-3-5-13(11)19-14/h2-9H,1H3. The smallest absolute Gasteiger partial charge is 0.250 e. The Labute approximate surface area is 108 Å². The summed E-state index contributed by atoms with van der Waals surface area (Å²) in [5.41, 5.74) is 2.65. The molecule has 3 heteroatoms. The summed E-state index contributed by atoms with van der Waals surface area (Å²) in [7, 11) is 1.79. The molecule has 92 valence electrons. The van der Waals surface area contributed by atoms with E-state index in [2.05, 4.69) is 0 Å². The Morgan fingerprint density at radius 2 is 1.74 bits per heavy atom. The van der Waals surface area contributed by atoms with Crippen LogP contribution in [0.2, 0.25) is 0 Å². The molecule has 0 amide bonds. The second-order valence-electron chi connectivity index (χ2n) is 4.70. The Hall–Kier alpha value is -2.55. The Morgan fingerprint density at radius 1 is 0.895 bits per heavy atom. The quantitative estimate of drug-likeness (QED) is 0.478.